The van der Waals surface area contributed by atoms with Gasteiger partial charge in [0.05, 0.1) is 23.1 Å². The Bertz CT molecular complexity index is 1280. The van der Waals surface area contributed by atoms with E-state index in [0.717, 1.165) is 16.5 Å². The van der Waals surface area contributed by atoms with Crippen molar-refractivity contribution in [3.8, 4) is 0 Å². The van der Waals surface area contributed by atoms with Gasteiger partial charge in [0.1, 0.15) is 11.4 Å². The van der Waals surface area contributed by atoms with Gasteiger partial charge in [-0.05, 0) is 29.2 Å². The van der Waals surface area contributed by atoms with Gasteiger partial charge in [0.2, 0.25) is 5.91 Å². The molecule has 1 saturated heterocycles. The largest absolute Gasteiger partial charge is 0.362 e. The number of hydrogen-bond donors (Lipinski definition) is 3. The van der Waals surface area contributed by atoms with Crippen molar-refractivity contribution in [2.45, 2.75) is 38.8 Å². The van der Waals surface area contributed by atoms with Gasteiger partial charge in [-0.2, -0.15) is 10.2 Å². The SMILES string of the molecule is C=CC(=O)N1CC(NC(=O)c2c(Cl)c(CNc3n[nH]c4cc(Cl)c(C(C)(C)C)cc34)nn2C)C1. The fourth-order valence-electron chi connectivity index (χ4n) is 3.96. The fraction of sp³-hybridized carbons (Fsp3) is 0.391. The Morgan fingerprint density at radius 3 is 2.65 bits per heavy atom. The topological polar surface area (TPSA) is 108 Å². The summed E-state index contributed by atoms with van der Waals surface area (Å²) in [6, 6.07) is 3.76. The molecule has 0 bridgehead atoms. The number of amides is 2. The number of aromatic nitrogens is 4. The van der Waals surface area contributed by atoms with Crippen LogP contribution in [0.15, 0.2) is 24.8 Å². The normalized spacial score (nSPS) is 14.2. The number of likely N-dealkylation sites (tertiary alicyclic amines) is 1. The number of anilines is 1. The van der Waals surface area contributed by atoms with E-state index in [1.165, 1.54) is 10.8 Å². The summed E-state index contributed by atoms with van der Waals surface area (Å²) in [5, 5.41) is 19.8. The van der Waals surface area contributed by atoms with Crippen molar-refractivity contribution in [2.75, 3.05) is 18.4 Å². The molecule has 0 radical (unpaired) electrons. The summed E-state index contributed by atoms with van der Waals surface area (Å²) in [4.78, 5) is 26.0. The molecule has 1 fully saturated rings. The zero-order valence-corrected chi connectivity index (χ0v) is 21.0. The number of carbonyl (C=O) groups excluding carboxylic acids is 2. The average molecular weight is 504 g/mol. The zero-order valence-electron chi connectivity index (χ0n) is 19.5. The van der Waals surface area contributed by atoms with Crippen LogP contribution < -0.4 is 10.6 Å². The predicted octanol–water partition coefficient (Wildman–Crippen LogP) is 3.64. The minimum atomic E-state index is -0.336. The van der Waals surface area contributed by atoms with E-state index in [1.54, 1.807) is 11.9 Å². The zero-order chi connectivity index (χ0) is 24.8. The van der Waals surface area contributed by atoms with Gasteiger partial charge in [0.15, 0.2) is 5.82 Å². The number of carbonyl (C=O) groups is 2. The van der Waals surface area contributed by atoms with Crippen molar-refractivity contribution < 1.29 is 9.59 Å². The second-order valence-corrected chi connectivity index (χ2v) is 10.2. The van der Waals surface area contributed by atoms with Crippen molar-refractivity contribution in [1.82, 2.24) is 30.2 Å². The highest BCUT2D eigenvalue weighted by molar-refractivity contribution is 6.34. The molecule has 1 aliphatic heterocycles. The number of aryl methyl sites for hydroxylation is 1. The van der Waals surface area contributed by atoms with Gasteiger partial charge in [-0.1, -0.05) is 50.6 Å². The lowest BCUT2D eigenvalue weighted by Crippen LogP contribution is -2.60. The van der Waals surface area contributed by atoms with Crippen LogP contribution in [0.25, 0.3) is 10.9 Å². The Morgan fingerprint density at radius 2 is 2.00 bits per heavy atom. The standard InChI is InChI=1S/C23H27Cl2N7O2/c1-6-18(33)32-10-12(11-32)27-22(34)20-19(25)17(30-31(20)5)9-26-21-13-7-14(23(2,3)4)15(24)8-16(13)28-29-21/h6-8,12H,1,9-11H2,2-5H3,(H,27,34)(H2,26,28,29). The first-order chi connectivity index (χ1) is 16.0. The summed E-state index contributed by atoms with van der Waals surface area (Å²) >= 11 is 13.0. The third-order valence-electron chi connectivity index (χ3n) is 5.86. The third kappa shape index (κ3) is 4.50. The van der Waals surface area contributed by atoms with Crippen LogP contribution in [-0.4, -0.2) is 55.8 Å². The smallest absolute Gasteiger partial charge is 0.271 e. The van der Waals surface area contributed by atoms with E-state index < -0.39 is 0 Å². The average Bonchev–Trinajstić information content (AvgIpc) is 3.25. The summed E-state index contributed by atoms with van der Waals surface area (Å²) in [5.41, 5.74) is 2.50. The van der Waals surface area contributed by atoms with Crippen molar-refractivity contribution in [2.24, 2.45) is 7.05 Å². The third-order valence-corrected chi connectivity index (χ3v) is 6.57. The summed E-state index contributed by atoms with van der Waals surface area (Å²) in [6.45, 7) is 10.9. The van der Waals surface area contributed by atoms with Gasteiger partial charge in [0, 0.05) is 30.5 Å². The van der Waals surface area contributed by atoms with Gasteiger partial charge >= 0.3 is 0 Å². The molecule has 1 aromatic carbocycles. The summed E-state index contributed by atoms with van der Waals surface area (Å²) in [5.74, 6) is 0.156. The lowest BCUT2D eigenvalue weighted by Gasteiger charge is -2.38. The van der Waals surface area contributed by atoms with E-state index in [0.29, 0.717) is 29.6 Å². The van der Waals surface area contributed by atoms with E-state index in [-0.39, 0.29) is 40.5 Å². The molecule has 3 N–H and O–H groups in total. The molecule has 34 heavy (non-hydrogen) atoms. The molecule has 0 unspecified atom stereocenters. The first-order valence-electron chi connectivity index (χ1n) is 10.8. The van der Waals surface area contributed by atoms with Gasteiger partial charge < -0.3 is 15.5 Å². The maximum absolute atomic E-state index is 12.8. The monoisotopic (exact) mass is 503 g/mol. The number of nitrogens with zero attached hydrogens (tertiary/aromatic N) is 4. The van der Waals surface area contributed by atoms with Gasteiger partial charge in [-0.25, -0.2) is 0 Å². The number of H-pyrrole nitrogens is 1. The molecule has 0 aliphatic carbocycles. The second-order valence-electron chi connectivity index (χ2n) is 9.40. The molecular weight excluding hydrogens is 477 g/mol. The maximum Gasteiger partial charge on any atom is 0.271 e. The Balaban J connectivity index is 1.47. The van der Waals surface area contributed by atoms with Gasteiger partial charge in [-0.3, -0.25) is 19.4 Å². The van der Waals surface area contributed by atoms with Crippen molar-refractivity contribution in [3.05, 3.63) is 51.8 Å². The van der Waals surface area contributed by atoms with Crippen LogP contribution >= 0.6 is 23.2 Å². The minimum absolute atomic E-state index is 0.122. The summed E-state index contributed by atoms with van der Waals surface area (Å²) < 4.78 is 1.46. The molecule has 180 valence electrons. The van der Waals surface area contributed by atoms with Crippen molar-refractivity contribution in [1.29, 1.82) is 0 Å². The fourth-order valence-corrected chi connectivity index (χ4v) is 4.72. The molecule has 0 saturated carbocycles. The first kappa shape index (κ1) is 24.1. The molecule has 0 spiro atoms. The highest BCUT2D eigenvalue weighted by Crippen LogP contribution is 2.35. The molecule has 11 heteroatoms. The van der Waals surface area contributed by atoms with Crippen molar-refractivity contribution >= 4 is 51.7 Å². The number of rotatable bonds is 6. The lowest BCUT2D eigenvalue weighted by molar-refractivity contribution is -0.130. The van der Waals surface area contributed by atoms with Crippen molar-refractivity contribution in [3.63, 3.8) is 0 Å². The minimum Gasteiger partial charge on any atom is -0.362 e. The highest BCUT2D eigenvalue weighted by atomic mass is 35.5. The Kier molecular flexibility index (Phi) is 6.35. The quantitative estimate of drug-likeness (QED) is 0.445. The molecule has 9 nitrogen and oxygen atoms in total. The second kappa shape index (κ2) is 8.96. The summed E-state index contributed by atoms with van der Waals surface area (Å²) in [6.07, 6.45) is 1.26. The van der Waals surface area contributed by atoms with E-state index in [4.69, 9.17) is 23.2 Å². The Hall–Kier alpha value is -3.04. The molecule has 3 aromatic rings. The number of hydrogen-bond acceptors (Lipinski definition) is 5. The van der Waals surface area contributed by atoms with E-state index >= 15 is 0 Å². The molecule has 1 aliphatic rings. The van der Waals surface area contributed by atoms with E-state index in [2.05, 4.69) is 53.3 Å². The van der Waals surface area contributed by atoms with E-state index in [1.807, 2.05) is 12.1 Å². The van der Waals surface area contributed by atoms with Gasteiger partial charge in [-0.15, -0.1) is 0 Å². The molecule has 0 atom stereocenters. The number of benzene rings is 1. The predicted molar refractivity (Wildman–Crippen MR) is 133 cm³/mol. The Morgan fingerprint density at radius 1 is 1.29 bits per heavy atom. The van der Waals surface area contributed by atoms with Crippen LogP contribution in [0.3, 0.4) is 0 Å². The molecular formula is C23H27Cl2N7O2. The van der Waals surface area contributed by atoms with Crippen LogP contribution in [0.2, 0.25) is 10.0 Å². The van der Waals surface area contributed by atoms with Crippen LogP contribution in [0.4, 0.5) is 5.82 Å². The molecule has 3 heterocycles. The number of fused-ring (bicyclic) bond motifs is 1. The maximum atomic E-state index is 12.8. The van der Waals surface area contributed by atoms with Crippen LogP contribution in [0.1, 0.15) is 42.5 Å². The van der Waals surface area contributed by atoms with Crippen LogP contribution in [-0.2, 0) is 23.8 Å². The Labute approximate surface area is 207 Å². The van der Waals surface area contributed by atoms with Crippen LogP contribution in [0, 0.1) is 0 Å². The molecule has 4 rings (SSSR count). The number of nitrogens with one attached hydrogen (secondary N) is 3. The number of aromatic amines is 1. The lowest BCUT2D eigenvalue weighted by atomic mass is 9.86. The summed E-state index contributed by atoms with van der Waals surface area (Å²) in [7, 11) is 1.67. The highest BCUT2D eigenvalue weighted by Gasteiger charge is 2.32. The molecule has 2 amide bonds. The van der Waals surface area contributed by atoms with E-state index in [9.17, 15) is 9.59 Å². The van der Waals surface area contributed by atoms with Crippen LogP contribution in [0.5, 0.6) is 0 Å². The first-order valence-corrected chi connectivity index (χ1v) is 11.6. The number of halogens is 2. The molecule has 2 aromatic heterocycles. The van der Waals surface area contributed by atoms with Gasteiger partial charge in [0.25, 0.3) is 5.91 Å².